The SMILES string of the molecule is O=C(Nc1ccsc1)O[C@@H]1C2CCN(CC2)[C@H]1Cc1cccnc1. The highest BCUT2D eigenvalue weighted by Gasteiger charge is 2.44. The molecule has 126 valence electrons. The first kappa shape index (κ1) is 15.6. The Balaban J connectivity index is 1.47. The molecular formula is C18H21N3O2S. The average Bonchev–Trinajstić information content (AvgIpc) is 3.11. The third-order valence-electron chi connectivity index (χ3n) is 5.07. The number of aromatic nitrogens is 1. The maximum Gasteiger partial charge on any atom is 0.411 e. The summed E-state index contributed by atoms with van der Waals surface area (Å²) in [6.45, 7) is 2.20. The van der Waals surface area contributed by atoms with Gasteiger partial charge in [-0.1, -0.05) is 6.07 Å². The highest BCUT2D eigenvalue weighted by molar-refractivity contribution is 7.08. The van der Waals surface area contributed by atoms with Gasteiger partial charge in [0, 0.05) is 23.7 Å². The smallest absolute Gasteiger partial charge is 0.411 e. The third kappa shape index (κ3) is 3.30. The maximum atomic E-state index is 12.3. The van der Waals surface area contributed by atoms with Crippen molar-refractivity contribution in [3.8, 4) is 0 Å². The zero-order valence-corrected chi connectivity index (χ0v) is 14.2. The summed E-state index contributed by atoms with van der Waals surface area (Å²) in [5.74, 6) is 0.463. The zero-order chi connectivity index (χ0) is 16.4. The van der Waals surface area contributed by atoms with Crippen molar-refractivity contribution in [2.75, 3.05) is 18.4 Å². The number of rotatable bonds is 4. The Kier molecular flexibility index (Phi) is 4.49. The van der Waals surface area contributed by atoms with Gasteiger partial charge in [-0.25, -0.2) is 4.79 Å². The number of anilines is 1. The van der Waals surface area contributed by atoms with E-state index in [4.69, 9.17) is 4.74 Å². The van der Waals surface area contributed by atoms with Crippen LogP contribution in [0, 0.1) is 5.92 Å². The van der Waals surface area contributed by atoms with Gasteiger partial charge in [0.05, 0.1) is 11.7 Å². The van der Waals surface area contributed by atoms with Crippen molar-refractivity contribution in [1.82, 2.24) is 9.88 Å². The summed E-state index contributed by atoms with van der Waals surface area (Å²) in [4.78, 5) is 19.0. The summed E-state index contributed by atoms with van der Waals surface area (Å²) < 4.78 is 5.88. The van der Waals surface area contributed by atoms with Crippen molar-refractivity contribution in [2.24, 2.45) is 5.92 Å². The highest BCUT2D eigenvalue weighted by Crippen LogP contribution is 2.36. The van der Waals surface area contributed by atoms with E-state index in [-0.39, 0.29) is 18.2 Å². The average molecular weight is 343 g/mol. The molecule has 0 radical (unpaired) electrons. The van der Waals surface area contributed by atoms with Crippen molar-refractivity contribution in [2.45, 2.75) is 31.4 Å². The van der Waals surface area contributed by atoms with Crippen LogP contribution in [-0.2, 0) is 11.2 Å². The van der Waals surface area contributed by atoms with Crippen molar-refractivity contribution < 1.29 is 9.53 Å². The van der Waals surface area contributed by atoms with Crippen LogP contribution in [0.25, 0.3) is 0 Å². The topological polar surface area (TPSA) is 54.5 Å². The molecule has 3 aliphatic rings. The first-order valence-corrected chi connectivity index (χ1v) is 9.36. The number of amides is 1. The van der Waals surface area contributed by atoms with Crippen molar-refractivity contribution in [3.05, 3.63) is 46.9 Å². The lowest BCUT2D eigenvalue weighted by molar-refractivity contribution is -0.0741. The third-order valence-corrected chi connectivity index (χ3v) is 5.75. The first-order valence-electron chi connectivity index (χ1n) is 8.42. The second kappa shape index (κ2) is 6.91. The van der Waals surface area contributed by atoms with E-state index in [2.05, 4.69) is 21.3 Å². The molecule has 2 atom stereocenters. The zero-order valence-electron chi connectivity index (χ0n) is 13.4. The van der Waals surface area contributed by atoms with Crippen LogP contribution in [0.5, 0.6) is 0 Å². The van der Waals surface area contributed by atoms with E-state index < -0.39 is 0 Å². The molecule has 5 nitrogen and oxygen atoms in total. The van der Waals surface area contributed by atoms with E-state index in [0.717, 1.165) is 38.0 Å². The number of carbonyl (C=O) groups is 1. The Labute approximate surface area is 145 Å². The fourth-order valence-corrected chi connectivity index (χ4v) is 4.48. The van der Waals surface area contributed by atoms with Crippen LogP contribution in [0.1, 0.15) is 18.4 Å². The molecule has 2 bridgehead atoms. The largest absolute Gasteiger partial charge is 0.444 e. The van der Waals surface area contributed by atoms with Gasteiger partial charge in [-0.05, 0) is 55.4 Å². The number of thiophene rings is 1. The monoisotopic (exact) mass is 343 g/mol. The quantitative estimate of drug-likeness (QED) is 0.924. The Morgan fingerprint density at radius 1 is 1.38 bits per heavy atom. The molecule has 24 heavy (non-hydrogen) atoms. The molecule has 2 aromatic heterocycles. The Morgan fingerprint density at radius 3 is 2.96 bits per heavy atom. The number of pyridine rings is 1. The second-order valence-corrected chi connectivity index (χ2v) is 7.29. The predicted octanol–water partition coefficient (Wildman–Crippen LogP) is 3.40. The molecule has 0 aromatic carbocycles. The van der Waals surface area contributed by atoms with Gasteiger partial charge in [-0.15, -0.1) is 0 Å². The summed E-state index contributed by atoms with van der Waals surface area (Å²) in [7, 11) is 0. The molecule has 0 spiro atoms. The van der Waals surface area contributed by atoms with Crippen molar-refractivity contribution in [1.29, 1.82) is 0 Å². The lowest BCUT2D eigenvalue weighted by Gasteiger charge is -2.50. The van der Waals surface area contributed by atoms with Gasteiger partial charge in [-0.2, -0.15) is 11.3 Å². The van der Waals surface area contributed by atoms with Gasteiger partial charge >= 0.3 is 6.09 Å². The number of hydrogen-bond acceptors (Lipinski definition) is 5. The van der Waals surface area contributed by atoms with Crippen LogP contribution in [0.4, 0.5) is 10.5 Å². The molecule has 0 unspecified atom stereocenters. The normalized spacial score (nSPS) is 28.5. The molecule has 5 heterocycles. The summed E-state index contributed by atoms with van der Waals surface area (Å²) in [5, 5.41) is 6.68. The number of nitrogens with zero attached hydrogens (tertiary/aromatic N) is 2. The van der Waals surface area contributed by atoms with Crippen molar-refractivity contribution in [3.63, 3.8) is 0 Å². The van der Waals surface area contributed by atoms with Gasteiger partial charge in [-0.3, -0.25) is 15.2 Å². The fraction of sp³-hybridized carbons (Fsp3) is 0.444. The molecule has 0 aliphatic carbocycles. The second-order valence-electron chi connectivity index (χ2n) is 6.51. The van der Waals surface area contributed by atoms with Gasteiger partial charge < -0.3 is 4.74 Å². The summed E-state index contributed by atoms with van der Waals surface area (Å²) in [6.07, 6.45) is 6.40. The molecule has 1 amide bonds. The van der Waals surface area contributed by atoms with E-state index in [1.165, 1.54) is 5.56 Å². The van der Waals surface area contributed by atoms with Crippen LogP contribution < -0.4 is 5.32 Å². The molecule has 3 aliphatic heterocycles. The lowest BCUT2D eigenvalue weighted by atomic mass is 9.78. The number of piperidine rings is 3. The maximum absolute atomic E-state index is 12.3. The van der Waals surface area contributed by atoms with Gasteiger partial charge in [0.15, 0.2) is 0 Å². The Hall–Kier alpha value is -1.92. The summed E-state index contributed by atoms with van der Waals surface area (Å²) in [5.41, 5.74) is 2.00. The van der Waals surface area contributed by atoms with E-state index in [1.54, 1.807) is 17.5 Å². The molecular weight excluding hydrogens is 322 g/mol. The summed E-state index contributed by atoms with van der Waals surface area (Å²) >= 11 is 1.56. The standard InChI is InChI=1S/C18H21N3O2S/c22-18(20-15-5-9-24-12-15)23-17-14-3-7-21(8-4-14)16(17)10-13-2-1-6-19-11-13/h1-2,5-6,9,11-12,14,16-17H,3-4,7-8,10H2,(H,20,22)/t16-,17+/m0/s1. The number of nitrogens with one attached hydrogen (secondary N) is 1. The van der Waals surface area contributed by atoms with E-state index in [0.29, 0.717) is 5.92 Å². The molecule has 3 saturated heterocycles. The Morgan fingerprint density at radius 2 is 2.25 bits per heavy atom. The van der Waals surface area contributed by atoms with Gasteiger partial charge in [0.1, 0.15) is 6.10 Å². The molecule has 3 fully saturated rings. The van der Waals surface area contributed by atoms with Crippen LogP contribution in [-0.4, -0.2) is 41.2 Å². The lowest BCUT2D eigenvalue weighted by Crippen LogP contribution is -2.60. The molecule has 5 rings (SSSR count). The fourth-order valence-electron chi connectivity index (χ4n) is 3.89. The minimum absolute atomic E-state index is 0.0497. The van der Waals surface area contributed by atoms with E-state index >= 15 is 0 Å². The first-order chi connectivity index (χ1) is 11.8. The number of fused-ring (bicyclic) bond motifs is 3. The Bertz CT molecular complexity index is 669. The molecule has 2 aromatic rings. The van der Waals surface area contributed by atoms with Crippen LogP contribution in [0.2, 0.25) is 0 Å². The molecule has 1 N–H and O–H groups in total. The van der Waals surface area contributed by atoms with Gasteiger partial charge in [0.25, 0.3) is 0 Å². The minimum Gasteiger partial charge on any atom is -0.444 e. The van der Waals surface area contributed by atoms with Crippen LogP contribution in [0.15, 0.2) is 41.4 Å². The predicted molar refractivity (Wildman–Crippen MR) is 94.2 cm³/mol. The van der Waals surface area contributed by atoms with Crippen LogP contribution >= 0.6 is 11.3 Å². The number of ether oxygens (including phenoxy) is 1. The highest BCUT2D eigenvalue weighted by atomic mass is 32.1. The molecule has 0 saturated carbocycles. The van der Waals surface area contributed by atoms with Crippen molar-refractivity contribution >= 4 is 23.1 Å². The number of carbonyl (C=O) groups excluding carboxylic acids is 1. The van der Waals surface area contributed by atoms with E-state index in [1.807, 2.05) is 29.1 Å². The minimum atomic E-state index is -0.344. The van der Waals surface area contributed by atoms with Gasteiger partial charge in [0.2, 0.25) is 0 Å². The van der Waals surface area contributed by atoms with E-state index in [9.17, 15) is 4.79 Å². The molecule has 6 heteroatoms. The summed E-state index contributed by atoms with van der Waals surface area (Å²) in [6, 6.07) is 6.19. The number of hydrogen-bond donors (Lipinski definition) is 1. The van der Waals surface area contributed by atoms with Crippen LogP contribution in [0.3, 0.4) is 0 Å².